The van der Waals surface area contributed by atoms with Gasteiger partial charge in [0.15, 0.2) is 0 Å². The lowest BCUT2D eigenvalue weighted by Gasteiger charge is -1.86. The highest BCUT2D eigenvalue weighted by molar-refractivity contribution is 8.00. The number of nitrogens with zero attached hydrogens (tertiary/aromatic N) is 1. The summed E-state index contributed by atoms with van der Waals surface area (Å²) in [5.41, 5.74) is 5.78. The molecule has 1 aromatic heterocycles. The summed E-state index contributed by atoms with van der Waals surface area (Å²) in [7, 11) is 0. The van der Waals surface area contributed by atoms with Gasteiger partial charge in [-0.2, -0.15) is 0 Å². The Hall–Kier alpha value is -0.550. The first kappa shape index (κ1) is 7.56. The molecule has 0 radical (unpaired) electrons. The van der Waals surface area contributed by atoms with E-state index < -0.39 is 0 Å². The number of aromatic nitrogens is 1. The summed E-state index contributed by atoms with van der Waals surface area (Å²) >= 11 is 3.07. The second-order valence-corrected chi connectivity index (χ2v) is 3.53. The smallest absolute Gasteiger partial charge is 0.150 e. The monoisotopic (exact) mass is 173 g/mol. The largest absolute Gasteiger partial charge is 0.382 e. The van der Waals surface area contributed by atoms with Crippen LogP contribution >= 0.6 is 23.1 Å². The highest BCUT2D eigenvalue weighted by atomic mass is 32.2. The molecule has 3 N–H and O–H groups in total. The number of nitrogens with one attached hydrogen (secondary N) is 1. The van der Waals surface area contributed by atoms with Crippen LogP contribution in [0, 0.1) is 5.41 Å². The summed E-state index contributed by atoms with van der Waals surface area (Å²) in [4.78, 5) is 4.06. The molecule has 0 aliphatic carbocycles. The molecule has 1 heterocycles. The molecular formula is C5H7N3S2. The predicted molar refractivity (Wildman–Crippen MR) is 44.9 cm³/mol. The second kappa shape index (κ2) is 3.03. The van der Waals surface area contributed by atoms with Gasteiger partial charge in [0.25, 0.3) is 0 Å². The van der Waals surface area contributed by atoms with Crippen LogP contribution in [0.2, 0.25) is 0 Å². The van der Waals surface area contributed by atoms with Crippen molar-refractivity contribution in [2.24, 2.45) is 5.73 Å². The Labute approximate surface area is 67.2 Å². The molecular weight excluding hydrogens is 166 g/mol. The highest BCUT2D eigenvalue weighted by Crippen LogP contribution is 2.18. The van der Waals surface area contributed by atoms with E-state index in [0.717, 1.165) is 4.34 Å². The molecule has 0 spiro atoms. The van der Waals surface area contributed by atoms with E-state index in [2.05, 4.69) is 4.98 Å². The van der Waals surface area contributed by atoms with Gasteiger partial charge in [-0.3, -0.25) is 5.41 Å². The number of hydrogen-bond acceptors (Lipinski definition) is 4. The normalized spacial score (nSPS) is 9.70. The lowest BCUT2D eigenvalue weighted by Crippen LogP contribution is -2.10. The van der Waals surface area contributed by atoms with Gasteiger partial charge in [-0.1, -0.05) is 11.8 Å². The summed E-state index contributed by atoms with van der Waals surface area (Å²) in [5.74, 6) is 0.0385. The number of rotatable bonds is 2. The summed E-state index contributed by atoms with van der Waals surface area (Å²) in [5, 5.41) is 8.82. The van der Waals surface area contributed by atoms with Crippen LogP contribution in [0.5, 0.6) is 0 Å². The molecule has 0 aromatic carbocycles. The van der Waals surface area contributed by atoms with E-state index in [0.29, 0.717) is 5.69 Å². The van der Waals surface area contributed by atoms with Gasteiger partial charge in [0.2, 0.25) is 0 Å². The summed E-state index contributed by atoms with van der Waals surface area (Å²) < 4.78 is 0.949. The number of thioether (sulfide) groups is 1. The van der Waals surface area contributed by atoms with E-state index in [1.54, 1.807) is 17.1 Å². The molecule has 0 saturated carbocycles. The second-order valence-electron chi connectivity index (χ2n) is 1.62. The maximum atomic E-state index is 7.04. The minimum Gasteiger partial charge on any atom is -0.382 e. The molecule has 0 fully saturated rings. The zero-order valence-corrected chi connectivity index (χ0v) is 7.05. The van der Waals surface area contributed by atoms with E-state index in [9.17, 15) is 0 Å². The van der Waals surface area contributed by atoms with Crippen molar-refractivity contribution in [2.75, 3.05) is 6.26 Å². The highest BCUT2D eigenvalue weighted by Gasteiger charge is 2.01. The van der Waals surface area contributed by atoms with Gasteiger partial charge in [0, 0.05) is 5.38 Å². The van der Waals surface area contributed by atoms with E-state index >= 15 is 0 Å². The zero-order valence-electron chi connectivity index (χ0n) is 5.42. The standard InChI is InChI=1S/C5H7N3S2/c1-9-5-8-3(2-10-5)4(6)7/h2H,1H3,(H3,6,7). The maximum absolute atomic E-state index is 7.04. The number of nitrogens with two attached hydrogens (primary N) is 1. The first-order chi connectivity index (χ1) is 4.74. The third-order valence-corrected chi connectivity index (χ3v) is 2.80. The molecule has 0 atom stereocenters. The lowest BCUT2D eigenvalue weighted by atomic mass is 10.5. The molecule has 1 rings (SSSR count). The summed E-state index contributed by atoms with van der Waals surface area (Å²) in [6, 6.07) is 0. The molecule has 0 aliphatic heterocycles. The Morgan fingerprint density at radius 2 is 2.60 bits per heavy atom. The summed E-state index contributed by atoms with van der Waals surface area (Å²) in [6.45, 7) is 0. The minimum atomic E-state index is 0.0385. The third kappa shape index (κ3) is 1.48. The third-order valence-electron chi connectivity index (χ3n) is 0.934. The molecule has 0 amide bonds. The SMILES string of the molecule is CSc1nc(C(=N)N)cs1. The van der Waals surface area contributed by atoms with Crippen molar-refractivity contribution in [1.29, 1.82) is 5.41 Å². The Bertz CT molecular complexity index is 243. The van der Waals surface area contributed by atoms with Crippen molar-refractivity contribution in [3.63, 3.8) is 0 Å². The fraction of sp³-hybridized carbons (Fsp3) is 0.200. The van der Waals surface area contributed by atoms with Gasteiger partial charge in [0.1, 0.15) is 15.9 Å². The van der Waals surface area contributed by atoms with Crippen LogP contribution in [0.3, 0.4) is 0 Å². The van der Waals surface area contributed by atoms with Crippen molar-refractivity contribution in [2.45, 2.75) is 4.34 Å². The zero-order chi connectivity index (χ0) is 7.56. The first-order valence-corrected chi connectivity index (χ1v) is 4.68. The molecule has 0 aliphatic rings. The quantitative estimate of drug-likeness (QED) is 0.400. The Morgan fingerprint density at radius 1 is 1.90 bits per heavy atom. The van der Waals surface area contributed by atoms with Crippen molar-refractivity contribution < 1.29 is 0 Å². The van der Waals surface area contributed by atoms with Gasteiger partial charge in [0.05, 0.1) is 0 Å². The first-order valence-electron chi connectivity index (χ1n) is 2.58. The molecule has 1 aromatic rings. The number of nitrogen functional groups attached to an aromatic ring is 1. The van der Waals surface area contributed by atoms with Crippen LogP contribution in [0.25, 0.3) is 0 Å². The van der Waals surface area contributed by atoms with Crippen molar-refractivity contribution in [1.82, 2.24) is 4.98 Å². The molecule has 0 saturated heterocycles. The van der Waals surface area contributed by atoms with E-state index in [-0.39, 0.29) is 5.84 Å². The fourth-order valence-electron chi connectivity index (χ4n) is 0.475. The number of thiazole rings is 1. The van der Waals surface area contributed by atoms with Gasteiger partial charge in [-0.15, -0.1) is 11.3 Å². The molecule has 3 nitrogen and oxygen atoms in total. The van der Waals surface area contributed by atoms with Gasteiger partial charge in [-0.25, -0.2) is 4.98 Å². The Balaban J connectivity index is 2.88. The Morgan fingerprint density at radius 3 is 2.90 bits per heavy atom. The maximum Gasteiger partial charge on any atom is 0.150 e. The lowest BCUT2D eigenvalue weighted by molar-refractivity contribution is 1.21. The van der Waals surface area contributed by atoms with Crippen molar-refractivity contribution in [3.05, 3.63) is 11.1 Å². The minimum absolute atomic E-state index is 0.0385. The number of amidine groups is 1. The van der Waals surface area contributed by atoms with Crippen molar-refractivity contribution in [3.8, 4) is 0 Å². The van der Waals surface area contributed by atoms with Crippen LogP contribution in [-0.4, -0.2) is 17.1 Å². The molecule has 10 heavy (non-hydrogen) atoms. The van der Waals surface area contributed by atoms with Crippen molar-refractivity contribution >= 4 is 28.9 Å². The van der Waals surface area contributed by atoms with Crippen LogP contribution < -0.4 is 5.73 Å². The molecule has 5 heteroatoms. The van der Waals surface area contributed by atoms with Crippen LogP contribution in [-0.2, 0) is 0 Å². The predicted octanol–water partition coefficient (Wildman–Crippen LogP) is 1.15. The number of hydrogen-bond donors (Lipinski definition) is 2. The van der Waals surface area contributed by atoms with E-state index in [1.165, 1.54) is 11.3 Å². The average molecular weight is 173 g/mol. The summed E-state index contributed by atoms with van der Waals surface area (Å²) in [6.07, 6.45) is 1.95. The van der Waals surface area contributed by atoms with E-state index in [4.69, 9.17) is 11.1 Å². The molecule has 0 unspecified atom stereocenters. The van der Waals surface area contributed by atoms with Crippen LogP contribution in [0.1, 0.15) is 5.69 Å². The average Bonchev–Trinajstić information content (AvgIpc) is 2.34. The van der Waals surface area contributed by atoms with Gasteiger partial charge < -0.3 is 5.73 Å². The van der Waals surface area contributed by atoms with Gasteiger partial charge in [-0.05, 0) is 6.26 Å². The molecule has 0 bridgehead atoms. The fourth-order valence-corrected chi connectivity index (χ4v) is 1.74. The Kier molecular flexibility index (Phi) is 2.29. The van der Waals surface area contributed by atoms with Crippen LogP contribution in [0.15, 0.2) is 9.72 Å². The van der Waals surface area contributed by atoms with E-state index in [1.807, 2.05) is 6.26 Å². The van der Waals surface area contributed by atoms with Crippen LogP contribution in [0.4, 0.5) is 0 Å². The topological polar surface area (TPSA) is 62.8 Å². The molecule has 54 valence electrons. The van der Waals surface area contributed by atoms with Gasteiger partial charge >= 0.3 is 0 Å².